The molecule has 20 heavy (non-hydrogen) atoms. The molecule has 2 aromatic heterocycles. The van der Waals surface area contributed by atoms with Gasteiger partial charge in [-0.15, -0.1) is 11.3 Å². The second-order valence-corrected chi connectivity index (χ2v) is 8.35. The summed E-state index contributed by atoms with van der Waals surface area (Å²) in [7, 11) is -3.72. The highest BCUT2D eigenvalue weighted by Gasteiger charge is 2.19. The van der Waals surface area contributed by atoms with Crippen LogP contribution in [0.4, 0.5) is 0 Å². The van der Waals surface area contributed by atoms with Gasteiger partial charge in [0.15, 0.2) is 0 Å². The van der Waals surface area contributed by atoms with Crippen LogP contribution in [0, 0.1) is 0 Å². The smallest absolute Gasteiger partial charge is 0.371 e. The Morgan fingerprint density at radius 1 is 1.50 bits per heavy atom. The minimum absolute atomic E-state index is 0.0550. The van der Waals surface area contributed by atoms with E-state index in [4.69, 9.17) is 21.1 Å². The fourth-order valence-corrected chi connectivity index (χ4v) is 4.72. The maximum Gasteiger partial charge on any atom is 0.371 e. The molecule has 0 aromatic carbocycles. The van der Waals surface area contributed by atoms with Crippen molar-refractivity contribution in [3.63, 3.8) is 0 Å². The van der Waals surface area contributed by atoms with Crippen molar-refractivity contribution in [1.82, 2.24) is 4.72 Å². The highest BCUT2D eigenvalue weighted by atomic mass is 79.9. The molecule has 108 valence electrons. The third-order valence-electron chi connectivity index (χ3n) is 2.20. The maximum atomic E-state index is 12.0. The van der Waals surface area contributed by atoms with Crippen LogP contribution in [0.1, 0.15) is 16.3 Å². The lowest BCUT2D eigenvalue weighted by Crippen LogP contribution is -2.22. The monoisotopic (exact) mass is 399 g/mol. The van der Waals surface area contributed by atoms with Crippen molar-refractivity contribution in [2.45, 2.75) is 10.8 Å². The number of halogens is 2. The van der Waals surface area contributed by atoms with Crippen molar-refractivity contribution in [3.05, 3.63) is 38.5 Å². The van der Waals surface area contributed by atoms with Gasteiger partial charge in [0.05, 0.1) is 15.4 Å². The van der Waals surface area contributed by atoms with Crippen molar-refractivity contribution >= 4 is 54.9 Å². The quantitative estimate of drug-likeness (QED) is 0.804. The van der Waals surface area contributed by atoms with Crippen LogP contribution in [0.2, 0.25) is 5.02 Å². The molecule has 0 aliphatic carbocycles. The van der Waals surface area contributed by atoms with E-state index in [1.54, 1.807) is 0 Å². The van der Waals surface area contributed by atoms with Gasteiger partial charge in [0, 0.05) is 0 Å². The summed E-state index contributed by atoms with van der Waals surface area (Å²) in [5, 5.41) is 8.99. The van der Waals surface area contributed by atoms with Crippen LogP contribution in [0.25, 0.3) is 0 Å². The molecule has 2 N–H and O–H groups in total. The van der Waals surface area contributed by atoms with Gasteiger partial charge in [-0.2, -0.15) is 0 Å². The number of thiophene rings is 1. The lowest BCUT2D eigenvalue weighted by molar-refractivity contribution is 0.0660. The molecule has 0 saturated carbocycles. The molecule has 0 radical (unpaired) electrons. The Kier molecular flexibility index (Phi) is 4.55. The maximum absolute atomic E-state index is 12.0. The number of hydrogen-bond donors (Lipinski definition) is 2. The highest BCUT2D eigenvalue weighted by Crippen LogP contribution is 2.34. The van der Waals surface area contributed by atoms with Crippen LogP contribution in [0.3, 0.4) is 0 Å². The number of furan rings is 1. The van der Waals surface area contributed by atoms with Crippen LogP contribution in [-0.2, 0) is 16.6 Å². The summed E-state index contributed by atoms with van der Waals surface area (Å²) in [5.41, 5.74) is 0. The molecule has 0 unspecified atom stereocenters. The molecule has 0 bridgehead atoms. The van der Waals surface area contributed by atoms with Gasteiger partial charge in [0.1, 0.15) is 9.97 Å². The summed E-state index contributed by atoms with van der Waals surface area (Å²) in [5.74, 6) is -1.26. The van der Waals surface area contributed by atoms with Crippen LogP contribution in [-0.4, -0.2) is 19.5 Å². The minimum atomic E-state index is -3.72. The number of carbonyl (C=O) groups is 1. The number of nitrogens with one attached hydrogen (secondary N) is 1. The third kappa shape index (κ3) is 3.41. The first kappa shape index (κ1) is 15.5. The molecule has 6 nitrogen and oxygen atoms in total. The average molecular weight is 401 g/mol. The second-order valence-electron chi connectivity index (χ2n) is 3.58. The van der Waals surface area contributed by atoms with Crippen LogP contribution in [0.5, 0.6) is 0 Å². The van der Waals surface area contributed by atoms with Gasteiger partial charge >= 0.3 is 5.97 Å². The van der Waals surface area contributed by atoms with Gasteiger partial charge in [0.2, 0.25) is 5.76 Å². The predicted molar refractivity (Wildman–Crippen MR) is 76.7 cm³/mol. The van der Waals surface area contributed by atoms with E-state index in [9.17, 15) is 13.2 Å². The molecule has 0 saturated heterocycles. The summed E-state index contributed by atoms with van der Waals surface area (Å²) < 4.78 is 31.8. The number of hydrogen-bond acceptors (Lipinski definition) is 5. The van der Waals surface area contributed by atoms with Crippen molar-refractivity contribution in [1.29, 1.82) is 0 Å². The topological polar surface area (TPSA) is 96.6 Å². The average Bonchev–Trinajstić information content (AvgIpc) is 2.95. The van der Waals surface area contributed by atoms with E-state index in [1.807, 2.05) is 0 Å². The SMILES string of the molecule is O=C(O)c1ccc(CNS(=O)(=O)c2cc(Cl)c(Br)s2)o1. The number of sulfonamides is 1. The third-order valence-corrected chi connectivity index (χ3v) is 6.55. The predicted octanol–water partition coefficient (Wildman–Crippen LogP) is 2.93. The number of carboxylic acid groups (broad SMARTS) is 1. The Labute approximate surface area is 131 Å². The van der Waals surface area contributed by atoms with E-state index >= 15 is 0 Å². The molecule has 2 heterocycles. The summed E-state index contributed by atoms with van der Waals surface area (Å²) in [6, 6.07) is 3.97. The summed E-state index contributed by atoms with van der Waals surface area (Å²) in [4.78, 5) is 10.6. The fourth-order valence-electron chi connectivity index (χ4n) is 1.28. The van der Waals surface area contributed by atoms with Crippen molar-refractivity contribution < 1.29 is 22.7 Å². The van der Waals surface area contributed by atoms with Crippen molar-refractivity contribution in [2.24, 2.45) is 0 Å². The van der Waals surface area contributed by atoms with Crippen molar-refractivity contribution in [2.75, 3.05) is 0 Å². The Balaban J connectivity index is 2.10. The van der Waals surface area contributed by atoms with Crippen LogP contribution >= 0.6 is 38.9 Å². The zero-order valence-corrected chi connectivity index (χ0v) is 13.6. The van der Waals surface area contributed by atoms with Crippen LogP contribution < -0.4 is 4.72 Å². The normalized spacial score (nSPS) is 11.7. The summed E-state index contributed by atoms with van der Waals surface area (Å²) in [6.07, 6.45) is 0. The first-order chi connectivity index (χ1) is 9.29. The molecule has 0 atom stereocenters. The van der Waals surface area contributed by atoms with E-state index in [1.165, 1.54) is 18.2 Å². The van der Waals surface area contributed by atoms with E-state index in [2.05, 4.69) is 20.7 Å². The Morgan fingerprint density at radius 2 is 2.20 bits per heavy atom. The highest BCUT2D eigenvalue weighted by molar-refractivity contribution is 9.11. The minimum Gasteiger partial charge on any atom is -0.475 e. The first-order valence-corrected chi connectivity index (χ1v) is 8.53. The Bertz CT molecular complexity index is 732. The summed E-state index contributed by atoms with van der Waals surface area (Å²) >= 11 is 9.89. The molecule has 0 aliphatic heterocycles. The molecule has 2 rings (SSSR count). The van der Waals surface area contributed by atoms with Gasteiger partial charge in [-0.25, -0.2) is 17.9 Å². The summed E-state index contributed by atoms with van der Waals surface area (Å²) in [6.45, 7) is -0.150. The lowest BCUT2D eigenvalue weighted by atomic mass is 10.4. The molecular formula is C10H7BrClNO5S2. The molecule has 2 aromatic rings. The van der Waals surface area contributed by atoms with Gasteiger partial charge < -0.3 is 9.52 Å². The Morgan fingerprint density at radius 3 is 2.70 bits per heavy atom. The number of rotatable bonds is 5. The van der Waals surface area contributed by atoms with Gasteiger partial charge in [-0.05, 0) is 34.1 Å². The molecule has 0 spiro atoms. The molecule has 0 aliphatic rings. The van der Waals surface area contributed by atoms with Crippen LogP contribution in [0.15, 0.2) is 30.6 Å². The van der Waals surface area contributed by atoms with E-state index in [0.717, 1.165) is 11.3 Å². The lowest BCUT2D eigenvalue weighted by Gasteiger charge is -2.02. The van der Waals surface area contributed by atoms with E-state index < -0.39 is 16.0 Å². The molecular weight excluding hydrogens is 394 g/mol. The first-order valence-electron chi connectivity index (χ1n) is 5.06. The standard InChI is InChI=1S/C10H7BrClNO5S2/c11-9-6(12)3-8(19-9)20(16,17)13-4-5-1-2-7(18-5)10(14)15/h1-3,13H,4H2,(H,14,15). The van der Waals surface area contributed by atoms with Gasteiger partial charge in [0.25, 0.3) is 10.0 Å². The molecule has 0 fully saturated rings. The zero-order chi connectivity index (χ0) is 14.9. The van der Waals surface area contributed by atoms with E-state index in [0.29, 0.717) is 8.81 Å². The fraction of sp³-hybridized carbons (Fsp3) is 0.100. The molecule has 10 heteroatoms. The Hall–Kier alpha value is -0.870. The number of carboxylic acids is 1. The van der Waals surface area contributed by atoms with Crippen molar-refractivity contribution in [3.8, 4) is 0 Å². The second kappa shape index (κ2) is 5.86. The zero-order valence-electron chi connectivity index (χ0n) is 9.59. The van der Waals surface area contributed by atoms with Gasteiger partial charge in [-0.1, -0.05) is 11.6 Å². The van der Waals surface area contributed by atoms with Gasteiger partial charge in [-0.3, -0.25) is 0 Å². The molecule has 0 amide bonds. The largest absolute Gasteiger partial charge is 0.475 e. The van der Waals surface area contributed by atoms with E-state index in [-0.39, 0.29) is 22.3 Å². The number of aromatic carboxylic acids is 1.